The average molecular weight is 495 g/mol. The summed E-state index contributed by atoms with van der Waals surface area (Å²) in [6.07, 6.45) is 5.74. The fraction of sp³-hybridized carbons (Fsp3) is 0.519. The molecule has 9 nitrogen and oxygen atoms in total. The smallest absolute Gasteiger partial charge is 0.410 e. The van der Waals surface area contributed by atoms with Crippen LogP contribution in [0.2, 0.25) is 0 Å². The highest BCUT2D eigenvalue weighted by Crippen LogP contribution is 2.26. The summed E-state index contributed by atoms with van der Waals surface area (Å²) in [5.41, 5.74) is 7.35. The molecule has 2 aliphatic rings. The van der Waals surface area contributed by atoms with E-state index in [-0.39, 0.29) is 6.09 Å². The van der Waals surface area contributed by atoms with E-state index in [2.05, 4.69) is 20.5 Å². The molecule has 0 unspecified atom stereocenters. The molecule has 1 aliphatic heterocycles. The van der Waals surface area contributed by atoms with Crippen molar-refractivity contribution in [2.45, 2.75) is 64.5 Å². The van der Waals surface area contributed by atoms with E-state index >= 15 is 0 Å². The Balaban J connectivity index is 1.38. The van der Waals surface area contributed by atoms with Gasteiger partial charge in [0.2, 0.25) is 0 Å². The number of primary amides is 1. The second-order valence-electron chi connectivity index (χ2n) is 10.6. The van der Waals surface area contributed by atoms with Crippen LogP contribution in [-0.4, -0.2) is 59.7 Å². The lowest BCUT2D eigenvalue weighted by Crippen LogP contribution is -2.50. The fourth-order valence-electron chi connectivity index (χ4n) is 4.66. The van der Waals surface area contributed by atoms with Gasteiger partial charge in [0.1, 0.15) is 17.2 Å². The van der Waals surface area contributed by atoms with Crippen LogP contribution in [0.3, 0.4) is 0 Å². The van der Waals surface area contributed by atoms with Gasteiger partial charge in [-0.3, -0.25) is 4.79 Å². The lowest BCUT2D eigenvalue weighted by atomic mass is 9.95. The molecule has 2 amide bonds. The van der Waals surface area contributed by atoms with Crippen LogP contribution in [0.5, 0.6) is 0 Å². The molecule has 36 heavy (non-hydrogen) atoms. The fourth-order valence-corrected chi connectivity index (χ4v) is 4.66. The van der Waals surface area contributed by atoms with Gasteiger partial charge in [-0.05, 0) is 70.0 Å². The van der Waals surface area contributed by atoms with E-state index in [1.165, 1.54) is 19.3 Å². The number of nitrogens with two attached hydrogens (primary N) is 1. The van der Waals surface area contributed by atoms with Crippen LogP contribution < -0.4 is 21.3 Å². The maximum absolute atomic E-state index is 12.3. The number of hydrogen-bond acceptors (Lipinski definition) is 7. The Morgan fingerprint density at radius 3 is 2.25 bits per heavy atom. The highest BCUT2D eigenvalue weighted by atomic mass is 16.6. The molecule has 0 spiro atoms. The van der Waals surface area contributed by atoms with Gasteiger partial charge in [-0.1, -0.05) is 19.3 Å². The first-order chi connectivity index (χ1) is 17.2. The monoisotopic (exact) mass is 494 g/mol. The molecule has 2 aromatic rings. The van der Waals surface area contributed by atoms with E-state index in [4.69, 9.17) is 10.5 Å². The van der Waals surface area contributed by atoms with Crippen LogP contribution in [0.4, 0.5) is 27.8 Å². The number of pyridine rings is 1. The molecule has 0 bridgehead atoms. The highest BCUT2D eigenvalue weighted by molar-refractivity contribution is 5.98. The van der Waals surface area contributed by atoms with Gasteiger partial charge < -0.3 is 30.9 Å². The minimum Gasteiger partial charge on any atom is -0.444 e. The minimum atomic E-state index is -0.520. The molecule has 4 rings (SSSR count). The number of carbonyl (C=O) groups excluding carboxylic acids is 2. The van der Waals surface area contributed by atoms with Crippen LogP contribution in [0, 0.1) is 0 Å². The SMILES string of the molecule is CC(C)(C)OC(=O)N1CCN(c2ccc(Nc3nc(NC4CCCCC4)ccc3C(N)=O)cc2)CC1. The van der Waals surface area contributed by atoms with Crippen molar-refractivity contribution in [3.8, 4) is 0 Å². The number of anilines is 4. The lowest BCUT2D eigenvalue weighted by molar-refractivity contribution is 0.0240. The van der Waals surface area contributed by atoms with Crippen LogP contribution in [0.15, 0.2) is 36.4 Å². The number of carbonyl (C=O) groups is 2. The molecule has 1 aromatic heterocycles. The number of piperazine rings is 1. The molecule has 0 radical (unpaired) electrons. The summed E-state index contributed by atoms with van der Waals surface area (Å²) >= 11 is 0. The summed E-state index contributed by atoms with van der Waals surface area (Å²) in [4.78, 5) is 33.0. The summed E-state index contributed by atoms with van der Waals surface area (Å²) in [5, 5.41) is 6.77. The molecule has 1 aliphatic carbocycles. The van der Waals surface area contributed by atoms with E-state index < -0.39 is 11.5 Å². The first-order valence-electron chi connectivity index (χ1n) is 12.9. The number of hydrogen-bond donors (Lipinski definition) is 3. The Bertz CT molecular complexity index is 1050. The Hall–Kier alpha value is -3.49. The standard InChI is InChI=1S/C27H38N6O3/c1-27(2,3)36-26(35)33-17-15-32(16-18-33)21-11-9-20(10-12-21)30-25-22(24(28)34)13-14-23(31-25)29-19-7-5-4-6-8-19/h9-14,19H,4-8,15-18H2,1-3H3,(H2,28,34)(H2,29,30,31). The molecular weight excluding hydrogens is 456 g/mol. The molecule has 2 fully saturated rings. The van der Waals surface area contributed by atoms with Crippen molar-refractivity contribution in [3.63, 3.8) is 0 Å². The molecule has 1 saturated carbocycles. The van der Waals surface area contributed by atoms with E-state index in [9.17, 15) is 9.59 Å². The van der Waals surface area contributed by atoms with Crippen molar-refractivity contribution < 1.29 is 14.3 Å². The van der Waals surface area contributed by atoms with Crippen molar-refractivity contribution in [1.82, 2.24) is 9.88 Å². The van der Waals surface area contributed by atoms with E-state index in [0.29, 0.717) is 30.5 Å². The zero-order valence-corrected chi connectivity index (χ0v) is 21.5. The molecule has 9 heteroatoms. The van der Waals surface area contributed by atoms with Crippen molar-refractivity contribution in [2.75, 3.05) is 41.7 Å². The van der Waals surface area contributed by atoms with Gasteiger partial charge in [0.05, 0.1) is 5.56 Å². The number of rotatable bonds is 6. The zero-order valence-electron chi connectivity index (χ0n) is 21.5. The van der Waals surface area contributed by atoms with Crippen molar-refractivity contribution in [2.24, 2.45) is 5.73 Å². The maximum Gasteiger partial charge on any atom is 0.410 e. The first-order valence-corrected chi connectivity index (χ1v) is 12.9. The summed E-state index contributed by atoms with van der Waals surface area (Å²) in [5.74, 6) is 0.671. The van der Waals surface area contributed by atoms with Gasteiger partial charge >= 0.3 is 6.09 Å². The zero-order chi connectivity index (χ0) is 25.7. The second-order valence-corrected chi connectivity index (χ2v) is 10.6. The summed E-state index contributed by atoms with van der Waals surface area (Å²) in [6, 6.07) is 11.9. The van der Waals surface area contributed by atoms with Crippen LogP contribution in [0.1, 0.15) is 63.2 Å². The maximum atomic E-state index is 12.3. The van der Waals surface area contributed by atoms with Gasteiger partial charge in [-0.15, -0.1) is 0 Å². The van der Waals surface area contributed by atoms with Gasteiger partial charge in [-0.25, -0.2) is 9.78 Å². The number of aromatic nitrogens is 1. The van der Waals surface area contributed by atoms with E-state index in [0.717, 1.165) is 43.1 Å². The van der Waals surface area contributed by atoms with Crippen LogP contribution in [0.25, 0.3) is 0 Å². The number of nitrogens with zero attached hydrogens (tertiary/aromatic N) is 3. The van der Waals surface area contributed by atoms with Crippen LogP contribution >= 0.6 is 0 Å². The Kier molecular flexibility index (Phi) is 7.86. The Morgan fingerprint density at radius 1 is 0.972 bits per heavy atom. The minimum absolute atomic E-state index is 0.264. The number of nitrogens with one attached hydrogen (secondary N) is 2. The number of benzene rings is 1. The van der Waals surface area contributed by atoms with Gasteiger partial charge in [-0.2, -0.15) is 0 Å². The van der Waals surface area contributed by atoms with E-state index in [1.807, 2.05) is 51.1 Å². The summed E-state index contributed by atoms with van der Waals surface area (Å²) < 4.78 is 5.48. The van der Waals surface area contributed by atoms with Gasteiger partial charge in [0.15, 0.2) is 0 Å². The molecule has 4 N–H and O–H groups in total. The molecular formula is C27H38N6O3. The predicted octanol–water partition coefficient (Wildman–Crippen LogP) is 4.73. The first kappa shape index (κ1) is 25.6. The topological polar surface area (TPSA) is 113 Å². The molecule has 2 heterocycles. The average Bonchev–Trinajstić information content (AvgIpc) is 2.84. The normalized spacial score (nSPS) is 17.0. The number of amides is 2. The van der Waals surface area contributed by atoms with Crippen molar-refractivity contribution in [3.05, 3.63) is 42.0 Å². The second kappa shape index (κ2) is 11.1. The largest absolute Gasteiger partial charge is 0.444 e. The van der Waals surface area contributed by atoms with E-state index in [1.54, 1.807) is 11.0 Å². The van der Waals surface area contributed by atoms with Gasteiger partial charge in [0.25, 0.3) is 5.91 Å². The van der Waals surface area contributed by atoms with Crippen LogP contribution in [-0.2, 0) is 4.74 Å². The third-order valence-electron chi connectivity index (χ3n) is 6.54. The summed E-state index contributed by atoms with van der Waals surface area (Å²) in [7, 11) is 0. The molecule has 0 atom stereocenters. The summed E-state index contributed by atoms with van der Waals surface area (Å²) in [6.45, 7) is 8.32. The van der Waals surface area contributed by atoms with Crippen molar-refractivity contribution >= 4 is 35.0 Å². The van der Waals surface area contributed by atoms with Gasteiger partial charge in [0, 0.05) is 43.6 Å². The molecule has 194 valence electrons. The molecule has 1 saturated heterocycles. The third-order valence-corrected chi connectivity index (χ3v) is 6.54. The number of ether oxygens (including phenoxy) is 1. The Labute approximate surface area is 213 Å². The lowest BCUT2D eigenvalue weighted by Gasteiger charge is -2.36. The Morgan fingerprint density at radius 2 is 1.64 bits per heavy atom. The quantitative estimate of drug-likeness (QED) is 0.532. The van der Waals surface area contributed by atoms with Crippen molar-refractivity contribution in [1.29, 1.82) is 0 Å². The molecule has 1 aromatic carbocycles. The highest BCUT2D eigenvalue weighted by Gasteiger charge is 2.26. The predicted molar refractivity (Wildman–Crippen MR) is 143 cm³/mol. The third kappa shape index (κ3) is 6.80.